The summed E-state index contributed by atoms with van der Waals surface area (Å²) in [7, 11) is 3.10. The zero-order chi connectivity index (χ0) is 19.6. The molecule has 0 bridgehead atoms. The maximum absolute atomic E-state index is 12.5. The molecule has 0 saturated heterocycles. The Bertz CT molecular complexity index is 910. The van der Waals surface area contributed by atoms with E-state index in [0.717, 1.165) is 5.69 Å². The van der Waals surface area contributed by atoms with Crippen molar-refractivity contribution in [1.29, 1.82) is 0 Å². The zero-order valence-corrected chi connectivity index (χ0v) is 16.6. The molecule has 1 atom stereocenters. The minimum Gasteiger partial charge on any atom is -0.493 e. The van der Waals surface area contributed by atoms with Crippen molar-refractivity contribution in [2.75, 3.05) is 25.3 Å². The predicted molar refractivity (Wildman–Crippen MR) is 105 cm³/mol. The highest BCUT2D eigenvalue weighted by Gasteiger charge is 2.28. The first-order chi connectivity index (χ1) is 12.9. The minimum absolute atomic E-state index is 0.0994. The number of thioether (sulfide) groups is 1. The van der Waals surface area contributed by atoms with Crippen LogP contribution in [0.25, 0.3) is 0 Å². The number of carbonyl (C=O) groups excluding carboxylic acids is 1. The minimum atomic E-state index is -0.202. The molecule has 0 aliphatic carbocycles. The summed E-state index contributed by atoms with van der Waals surface area (Å²) in [6.07, 6.45) is 0.205. The van der Waals surface area contributed by atoms with Crippen molar-refractivity contribution in [3.8, 4) is 11.5 Å². The fourth-order valence-electron chi connectivity index (χ4n) is 2.96. The Morgan fingerprint density at radius 2 is 2.04 bits per heavy atom. The van der Waals surface area contributed by atoms with Crippen LogP contribution in [0, 0.1) is 0 Å². The number of aromatic nitrogens is 2. The van der Waals surface area contributed by atoms with Crippen LogP contribution in [0.4, 0.5) is 5.69 Å². The lowest BCUT2D eigenvalue weighted by Crippen LogP contribution is -2.28. The van der Waals surface area contributed by atoms with E-state index in [-0.39, 0.29) is 29.8 Å². The van der Waals surface area contributed by atoms with Gasteiger partial charge in [-0.25, -0.2) is 4.98 Å². The van der Waals surface area contributed by atoms with Crippen LogP contribution in [-0.4, -0.2) is 35.4 Å². The van der Waals surface area contributed by atoms with Gasteiger partial charge < -0.3 is 14.8 Å². The van der Waals surface area contributed by atoms with Gasteiger partial charge in [0.1, 0.15) is 0 Å². The number of methoxy groups -OCH3 is 2. The average Bonchev–Trinajstić information content (AvgIpc) is 3.04. The Kier molecular flexibility index (Phi) is 5.74. The van der Waals surface area contributed by atoms with Crippen molar-refractivity contribution in [3.63, 3.8) is 0 Å². The number of rotatable bonds is 6. The molecule has 0 radical (unpaired) electrons. The van der Waals surface area contributed by atoms with Crippen LogP contribution in [0.3, 0.4) is 0 Å². The van der Waals surface area contributed by atoms with Gasteiger partial charge in [0, 0.05) is 30.0 Å². The topological polar surface area (TPSA) is 82.5 Å². The first kappa shape index (κ1) is 19.3. The summed E-state index contributed by atoms with van der Waals surface area (Å²) in [5.41, 5.74) is 1.30. The van der Waals surface area contributed by atoms with E-state index in [1.165, 1.54) is 11.8 Å². The molecule has 2 heterocycles. The molecular formula is C19H23N3O4S. The molecule has 0 fully saturated rings. The SMILES string of the molecule is COc1ccc(NC(=O)CC2CSc3nc(C(C)C)cc(=O)n32)cc1OC. The number of amides is 1. The van der Waals surface area contributed by atoms with Crippen molar-refractivity contribution in [2.45, 2.75) is 37.4 Å². The molecule has 27 heavy (non-hydrogen) atoms. The second-order valence-corrected chi connectivity index (χ2v) is 7.60. The highest BCUT2D eigenvalue weighted by molar-refractivity contribution is 7.99. The molecule has 1 aliphatic rings. The molecule has 1 N–H and O–H groups in total. The van der Waals surface area contributed by atoms with Crippen molar-refractivity contribution in [2.24, 2.45) is 0 Å². The van der Waals surface area contributed by atoms with Gasteiger partial charge in [-0.1, -0.05) is 25.6 Å². The van der Waals surface area contributed by atoms with Gasteiger partial charge in [-0.15, -0.1) is 0 Å². The Hall–Kier alpha value is -2.48. The Morgan fingerprint density at radius 1 is 1.30 bits per heavy atom. The van der Waals surface area contributed by atoms with Crippen LogP contribution >= 0.6 is 11.8 Å². The molecule has 1 unspecified atom stereocenters. The maximum Gasteiger partial charge on any atom is 0.254 e. The van der Waals surface area contributed by atoms with Crippen molar-refractivity contribution >= 4 is 23.4 Å². The number of hydrogen-bond donors (Lipinski definition) is 1. The van der Waals surface area contributed by atoms with Gasteiger partial charge in [0.25, 0.3) is 5.56 Å². The van der Waals surface area contributed by atoms with E-state index in [4.69, 9.17) is 9.47 Å². The second-order valence-electron chi connectivity index (χ2n) is 6.61. The highest BCUT2D eigenvalue weighted by Crippen LogP contribution is 2.33. The van der Waals surface area contributed by atoms with Gasteiger partial charge in [0.2, 0.25) is 5.91 Å². The summed E-state index contributed by atoms with van der Waals surface area (Å²) >= 11 is 1.52. The number of fused-ring (bicyclic) bond motifs is 1. The zero-order valence-electron chi connectivity index (χ0n) is 15.8. The lowest BCUT2D eigenvalue weighted by Gasteiger charge is -2.15. The third kappa shape index (κ3) is 4.10. The van der Waals surface area contributed by atoms with E-state index in [9.17, 15) is 9.59 Å². The van der Waals surface area contributed by atoms with Crippen LogP contribution in [-0.2, 0) is 4.79 Å². The molecule has 1 aliphatic heterocycles. The average molecular weight is 389 g/mol. The van der Waals surface area contributed by atoms with Crippen LogP contribution in [0.5, 0.6) is 11.5 Å². The first-order valence-electron chi connectivity index (χ1n) is 8.71. The number of benzene rings is 1. The number of anilines is 1. The fraction of sp³-hybridized carbons (Fsp3) is 0.421. The molecule has 1 aromatic carbocycles. The third-order valence-electron chi connectivity index (χ3n) is 4.39. The number of nitrogens with one attached hydrogen (secondary N) is 1. The molecule has 2 aromatic rings. The van der Waals surface area contributed by atoms with Gasteiger partial charge in [-0.2, -0.15) is 0 Å². The van der Waals surface area contributed by atoms with Crippen LogP contribution in [0.2, 0.25) is 0 Å². The Balaban J connectivity index is 1.73. The molecule has 7 nitrogen and oxygen atoms in total. The standard InChI is InChI=1S/C19H23N3O4S/c1-11(2)14-9-18(24)22-13(10-27-19(22)21-14)8-17(23)20-12-5-6-15(25-3)16(7-12)26-4/h5-7,9,11,13H,8,10H2,1-4H3,(H,20,23). The summed E-state index contributed by atoms with van der Waals surface area (Å²) in [5.74, 6) is 1.81. The van der Waals surface area contributed by atoms with Crippen molar-refractivity contribution in [1.82, 2.24) is 9.55 Å². The lowest BCUT2D eigenvalue weighted by molar-refractivity contribution is -0.116. The molecule has 1 aromatic heterocycles. The summed E-state index contributed by atoms with van der Waals surface area (Å²) in [4.78, 5) is 29.5. The summed E-state index contributed by atoms with van der Waals surface area (Å²) in [5, 5.41) is 3.55. The summed E-state index contributed by atoms with van der Waals surface area (Å²) in [6, 6.07) is 6.55. The van der Waals surface area contributed by atoms with E-state index in [1.54, 1.807) is 43.1 Å². The van der Waals surface area contributed by atoms with Gasteiger partial charge in [0.05, 0.1) is 26.0 Å². The molecule has 8 heteroatoms. The highest BCUT2D eigenvalue weighted by atomic mass is 32.2. The van der Waals surface area contributed by atoms with E-state index in [1.807, 2.05) is 13.8 Å². The largest absolute Gasteiger partial charge is 0.493 e. The molecular weight excluding hydrogens is 366 g/mol. The van der Waals surface area contributed by atoms with Crippen molar-refractivity contribution in [3.05, 3.63) is 40.3 Å². The van der Waals surface area contributed by atoms with E-state index in [2.05, 4.69) is 10.3 Å². The fourth-order valence-corrected chi connectivity index (χ4v) is 4.11. The molecule has 1 amide bonds. The Labute approximate surface area is 162 Å². The summed E-state index contributed by atoms with van der Waals surface area (Å²) in [6.45, 7) is 4.01. The normalized spacial score (nSPS) is 15.5. The van der Waals surface area contributed by atoms with Crippen LogP contribution in [0.15, 0.2) is 34.2 Å². The number of ether oxygens (including phenoxy) is 2. The van der Waals surface area contributed by atoms with Crippen LogP contribution in [0.1, 0.15) is 37.9 Å². The predicted octanol–water partition coefficient (Wildman–Crippen LogP) is 3.06. The van der Waals surface area contributed by atoms with Gasteiger partial charge in [-0.05, 0) is 18.1 Å². The number of nitrogens with zero attached hydrogens (tertiary/aromatic N) is 2. The van der Waals surface area contributed by atoms with E-state index < -0.39 is 0 Å². The number of hydrogen-bond acceptors (Lipinski definition) is 6. The van der Waals surface area contributed by atoms with Crippen LogP contribution < -0.4 is 20.3 Å². The molecule has 0 spiro atoms. The molecule has 144 valence electrons. The quantitative estimate of drug-likeness (QED) is 0.765. The smallest absolute Gasteiger partial charge is 0.254 e. The third-order valence-corrected chi connectivity index (χ3v) is 5.49. The molecule has 3 rings (SSSR count). The monoisotopic (exact) mass is 389 g/mol. The first-order valence-corrected chi connectivity index (χ1v) is 9.69. The van der Waals surface area contributed by atoms with E-state index in [0.29, 0.717) is 28.1 Å². The molecule has 0 saturated carbocycles. The van der Waals surface area contributed by atoms with Gasteiger partial charge >= 0.3 is 0 Å². The maximum atomic E-state index is 12.5. The number of carbonyl (C=O) groups is 1. The second kappa shape index (κ2) is 8.04. The van der Waals surface area contributed by atoms with Gasteiger partial charge in [0.15, 0.2) is 16.7 Å². The Morgan fingerprint density at radius 3 is 2.70 bits per heavy atom. The van der Waals surface area contributed by atoms with Gasteiger partial charge in [-0.3, -0.25) is 14.2 Å². The summed E-state index contributed by atoms with van der Waals surface area (Å²) < 4.78 is 12.1. The lowest BCUT2D eigenvalue weighted by atomic mass is 10.1. The van der Waals surface area contributed by atoms with E-state index >= 15 is 0 Å². The van der Waals surface area contributed by atoms with Crippen molar-refractivity contribution < 1.29 is 14.3 Å².